The third-order valence-corrected chi connectivity index (χ3v) is 2.40. The van der Waals surface area contributed by atoms with Crippen molar-refractivity contribution in [2.24, 2.45) is 7.05 Å². The van der Waals surface area contributed by atoms with Gasteiger partial charge >= 0.3 is 5.97 Å². The molecule has 5 nitrogen and oxygen atoms in total. The number of carboxylic acids is 1. The second-order valence-corrected chi connectivity index (χ2v) is 3.44. The van der Waals surface area contributed by atoms with Gasteiger partial charge in [0.1, 0.15) is 12.2 Å². The Balaban J connectivity index is 2.35. The van der Waals surface area contributed by atoms with E-state index in [9.17, 15) is 4.79 Å². The van der Waals surface area contributed by atoms with Gasteiger partial charge < -0.3 is 5.11 Å². The minimum atomic E-state index is -0.919. The van der Waals surface area contributed by atoms with E-state index in [4.69, 9.17) is 5.11 Å². The summed E-state index contributed by atoms with van der Waals surface area (Å²) in [6, 6.07) is 6.91. The highest BCUT2D eigenvalue weighted by atomic mass is 16.4. The van der Waals surface area contributed by atoms with Crippen molar-refractivity contribution in [3.63, 3.8) is 0 Å². The molecule has 16 heavy (non-hydrogen) atoms. The third-order valence-electron chi connectivity index (χ3n) is 2.40. The maximum absolute atomic E-state index is 11.0. The lowest BCUT2D eigenvalue weighted by Crippen LogP contribution is -2.06. The van der Waals surface area contributed by atoms with Crippen LogP contribution < -0.4 is 0 Å². The van der Waals surface area contributed by atoms with Crippen LogP contribution in [0.15, 0.2) is 30.6 Å². The number of benzene rings is 1. The van der Waals surface area contributed by atoms with Crippen molar-refractivity contribution in [2.45, 2.75) is 6.42 Å². The van der Waals surface area contributed by atoms with E-state index in [1.807, 2.05) is 6.07 Å². The zero-order chi connectivity index (χ0) is 11.5. The first-order chi connectivity index (χ1) is 7.68. The Bertz CT molecular complexity index is 519. The van der Waals surface area contributed by atoms with E-state index >= 15 is 0 Å². The molecule has 2 rings (SSSR count). The second kappa shape index (κ2) is 4.14. The lowest BCUT2D eigenvalue weighted by atomic mass is 10.0. The maximum atomic E-state index is 11.0. The number of aromatic nitrogens is 3. The SMILES string of the molecule is Cn1ncnc1Cc1ccccc1C(=O)O. The van der Waals surface area contributed by atoms with E-state index in [2.05, 4.69) is 10.1 Å². The van der Waals surface area contributed by atoms with Gasteiger partial charge in [-0.25, -0.2) is 9.78 Å². The highest BCUT2D eigenvalue weighted by Crippen LogP contribution is 2.12. The molecule has 0 bridgehead atoms. The second-order valence-electron chi connectivity index (χ2n) is 3.44. The molecular weight excluding hydrogens is 206 g/mol. The van der Waals surface area contributed by atoms with E-state index in [0.29, 0.717) is 12.0 Å². The first-order valence-electron chi connectivity index (χ1n) is 4.82. The van der Waals surface area contributed by atoms with Crippen LogP contribution >= 0.6 is 0 Å². The molecule has 0 aliphatic carbocycles. The van der Waals surface area contributed by atoms with Gasteiger partial charge in [0.2, 0.25) is 0 Å². The van der Waals surface area contributed by atoms with Crippen molar-refractivity contribution in [2.75, 3.05) is 0 Å². The molecule has 0 spiro atoms. The van der Waals surface area contributed by atoms with Crippen LogP contribution in [-0.2, 0) is 13.5 Å². The van der Waals surface area contributed by atoms with Crippen molar-refractivity contribution >= 4 is 5.97 Å². The molecule has 0 amide bonds. The highest BCUT2D eigenvalue weighted by Gasteiger charge is 2.11. The van der Waals surface area contributed by atoms with Crippen LogP contribution in [0.5, 0.6) is 0 Å². The van der Waals surface area contributed by atoms with Crippen molar-refractivity contribution < 1.29 is 9.90 Å². The summed E-state index contributed by atoms with van der Waals surface area (Å²) >= 11 is 0. The minimum Gasteiger partial charge on any atom is -0.478 e. The largest absolute Gasteiger partial charge is 0.478 e. The summed E-state index contributed by atoms with van der Waals surface area (Å²) in [6.07, 6.45) is 1.93. The molecule has 1 aromatic carbocycles. The molecule has 0 atom stereocenters. The molecule has 0 aliphatic rings. The minimum absolute atomic E-state index is 0.311. The van der Waals surface area contributed by atoms with Gasteiger partial charge in [0, 0.05) is 13.5 Å². The van der Waals surface area contributed by atoms with Crippen molar-refractivity contribution in [3.8, 4) is 0 Å². The average Bonchev–Trinajstić information content (AvgIpc) is 2.65. The number of carboxylic acid groups (broad SMARTS) is 1. The third kappa shape index (κ3) is 1.93. The predicted octanol–water partition coefficient (Wildman–Crippen LogP) is 1.10. The first-order valence-corrected chi connectivity index (χ1v) is 4.82. The molecular formula is C11H11N3O2. The Hall–Kier alpha value is -2.17. The van der Waals surface area contributed by atoms with Crippen LogP contribution in [0.4, 0.5) is 0 Å². The van der Waals surface area contributed by atoms with E-state index in [0.717, 1.165) is 11.4 Å². The van der Waals surface area contributed by atoms with Crippen LogP contribution in [0.3, 0.4) is 0 Å². The molecule has 0 fully saturated rings. The molecule has 0 unspecified atom stereocenters. The molecule has 82 valence electrons. The van der Waals surface area contributed by atoms with E-state index in [1.165, 1.54) is 6.33 Å². The van der Waals surface area contributed by atoms with Crippen LogP contribution in [0.25, 0.3) is 0 Å². The number of rotatable bonds is 3. The van der Waals surface area contributed by atoms with Crippen molar-refractivity contribution in [1.82, 2.24) is 14.8 Å². The van der Waals surface area contributed by atoms with Gasteiger partial charge in [0.25, 0.3) is 0 Å². The predicted molar refractivity (Wildman–Crippen MR) is 57.2 cm³/mol. The molecule has 0 saturated carbocycles. The van der Waals surface area contributed by atoms with Gasteiger partial charge in [-0.15, -0.1) is 0 Å². The standard InChI is InChI=1S/C11H11N3O2/c1-14-10(12-7-13-14)6-8-4-2-3-5-9(8)11(15)16/h2-5,7H,6H2,1H3,(H,15,16). The zero-order valence-electron chi connectivity index (χ0n) is 8.79. The average molecular weight is 217 g/mol. The molecule has 0 radical (unpaired) electrons. The highest BCUT2D eigenvalue weighted by molar-refractivity contribution is 5.89. The Labute approximate surface area is 92.4 Å². The van der Waals surface area contributed by atoms with E-state index in [-0.39, 0.29) is 0 Å². The Morgan fingerprint density at radius 3 is 2.81 bits per heavy atom. The number of nitrogens with zero attached hydrogens (tertiary/aromatic N) is 3. The summed E-state index contributed by atoms with van der Waals surface area (Å²) in [5.41, 5.74) is 1.05. The van der Waals surface area contributed by atoms with Crippen LogP contribution in [0, 0.1) is 0 Å². The molecule has 0 aliphatic heterocycles. The lowest BCUT2D eigenvalue weighted by Gasteiger charge is -2.04. The smallest absolute Gasteiger partial charge is 0.335 e. The molecule has 1 heterocycles. The summed E-state index contributed by atoms with van der Waals surface area (Å²) in [5, 5.41) is 13.0. The van der Waals surface area contributed by atoms with Gasteiger partial charge in [0.15, 0.2) is 0 Å². The molecule has 0 saturated heterocycles. The number of hydrogen-bond acceptors (Lipinski definition) is 3. The number of aromatic carboxylic acids is 1. The molecule has 1 aromatic heterocycles. The first kappa shape index (κ1) is 10.4. The van der Waals surface area contributed by atoms with Crippen molar-refractivity contribution in [3.05, 3.63) is 47.5 Å². The van der Waals surface area contributed by atoms with Gasteiger partial charge in [-0.05, 0) is 11.6 Å². The van der Waals surface area contributed by atoms with Crippen LogP contribution in [-0.4, -0.2) is 25.8 Å². The Morgan fingerprint density at radius 2 is 2.19 bits per heavy atom. The summed E-state index contributed by atoms with van der Waals surface area (Å²) in [6.45, 7) is 0. The topological polar surface area (TPSA) is 68.0 Å². The fourth-order valence-corrected chi connectivity index (χ4v) is 1.53. The summed E-state index contributed by atoms with van der Waals surface area (Å²) < 4.78 is 1.64. The summed E-state index contributed by atoms with van der Waals surface area (Å²) in [5.74, 6) is -0.175. The maximum Gasteiger partial charge on any atom is 0.335 e. The fourth-order valence-electron chi connectivity index (χ4n) is 1.53. The van der Waals surface area contributed by atoms with E-state index < -0.39 is 5.97 Å². The molecule has 1 N–H and O–H groups in total. The summed E-state index contributed by atoms with van der Waals surface area (Å²) in [7, 11) is 1.78. The quantitative estimate of drug-likeness (QED) is 0.836. The van der Waals surface area contributed by atoms with E-state index in [1.54, 1.807) is 29.9 Å². The fraction of sp³-hybridized carbons (Fsp3) is 0.182. The number of carbonyl (C=O) groups is 1. The number of hydrogen-bond donors (Lipinski definition) is 1. The van der Waals surface area contributed by atoms with Crippen molar-refractivity contribution in [1.29, 1.82) is 0 Å². The van der Waals surface area contributed by atoms with Gasteiger partial charge in [0.05, 0.1) is 5.56 Å². The molecule has 2 aromatic rings. The van der Waals surface area contributed by atoms with Crippen LogP contribution in [0.1, 0.15) is 21.7 Å². The Kier molecular flexibility index (Phi) is 2.68. The molecule has 5 heteroatoms. The van der Waals surface area contributed by atoms with Gasteiger partial charge in [-0.3, -0.25) is 4.68 Å². The van der Waals surface area contributed by atoms with Gasteiger partial charge in [-0.1, -0.05) is 18.2 Å². The van der Waals surface area contributed by atoms with Crippen LogP contribution in [0.2, 0.25) is 0 Å². The Morgan fingerprint density at radius 1 is 1.44 bits per heavy atom. The lowest BCUT2D eigenvalue weighted by molar-refractivity contribution is 0.0696. The monoisotopic (exact) mass is 217 g/mol. The number of aryl methyl sites for hydroxylation is 1. The van der Waals surface area contributed by atoms with Gasteiger partial charge in [-0.2, -0.15) is 5.10 Å². The zero-order valence-corrected chi connectivity index (χ0v) is 8.79. The summed E-state index contributed by atoms with van der Waals surface area (Å²) in [4.78, 5) is 15.1. The normalized spacial score (nSPS) is 10.3.